The highest BCUT2D eigenvalue weighted by Crippen LogP contribution is 2.31. The van der Waals surface area contributed by atoms with E-state index in [1.807, 2.05) is 44.2 Å². The van der Waals surface area contributed by atoms with E-state index in [-0.39, 0.29) is 0 Å². The molecule has 0 spiro atoms. The van der Waals surface area contributed by atoms with Crippen LogP contribution < -0.4 is 0 Å². The zero-order chi connectivity index (χ0) is 15.5. The van der Waals surface area contributed by atoms with E-state index in [4.69, 9.17) is 0 Å². The summed E-state index contributed by atoms with van der Waals surface area (Å²) in [7, 11) is -3.42. The van der Waals surface area contributed by atoms with Crippen LogP contribution >= 0.6 is 27.3 Å². The summed E-state index contributed by atoms with van der Waals surface area (Å²) >= 11 is 4.81. The summed E-state index contributed by atoms with van der Waals surface area (Å²) in [5.41, 5.74) is 1.15. The standard InChI is InChI=1S/C15H18BrNO2S2/c1-3-17(10-9-13-7-5-4-6-8-13)21(18,19)14-11-15(16)20-12(14)2/h4-8,11H,3,9-10H2,1-2H3. The van der Waals surface area contributed by atoms with Crippen molar-refractivity contribution in [3.63, 3.8) is 0 Å². The molecule has 1 aromatic carbocycles. The molecule has 0 aliphatic heterocycles. The summed E-state index contributed by atoms with van der Waals surface area (Å²) in [5, 5.41) is 0. The van der Waals surface area contributed by atoms with Crippen molar-refractivity contribution in [2.75, 3.05) is 13.1 Å². The predicted molar refractivity (Wildman–Crippen MR) is 91.3 cm³/mol. The van der Waals surface area contributed by atoms with Crippen LogP contribution in [-0.2, 0) is 16.4 Å². The Morgan fingerprint density at radius 3 is 2.43 bits per heavy atom. The first kappa shape index (κ1) is 16.7. The van der Waals surface area contributed by atoms with Gasteiger partial charge in [0.15, 0.2) is 0 Å². The number of sulfonamides is 1. The Labute approximate surface area is 138 Å². The molecule has 6 heteroatoms. The lowest BCUT2D eigenvalue weighted by molar-refractivity contribution is 0.431. The average molecular weight is 388 g/mol. The van der Waals surface area contributed by atoms with Crippen molar-refractivity contribution in [2.24, 2.45) is 0 Å². The van der Waals surface area contributed by atoms with Crippen LogP contribution in [-0.4, -0.2) is 25.8 Å². The van der Waals surface area contributed by atoms with Crippen LogP contribution in [0.4, 0.5) is 0 Å². The maximum absolute atomic E-state index is 12.7. The molecule has 0 unspecified atom stereocenters. The van der Waals surface area contributed by atoms with Gasteiger partial charge in [-0.2, -0.15) is 4.31 Å². The molecular weight excluding hydrogens is 370 g/mol. The van der Waals surface area contributed by atoms with Gasteiger partial charge in [0.2, 0.25) is 10.0 Å². The van der Waals surface area contributed by atoms with Crippen LogP contribution in [0.1, 0.15) is 17.4 Å². The first-order valence-corrected chi connectivity index (χ1v) is 9.80. The summed E-state index contributed by atoms with van der Waals surface area (Å²) in [6.07, 6.45) is 0.721. The monoisotopic (exact) mass is 387 g/mol. The number of thiophene rings is 1. The van der Waals surface area contributed by atoms with Crippen molar-refractivity contribution >= 4 is 37.3 Å². The Kier molecular flexibility index (Phi) is 5.60. The van der Waals surface area contributed by atoms with Crippen molar-refractivity contribution < 1.29 is 8.42 Å². The normalized spacial score (nSPS) is 12.0. The molecule has 0 atom stereocenters. The average Bonchev–Trinajstić information content (AvgIpc) is 2.80. The largest absolute Gasteiger partial charge is 0.244 e. The molecule has 2 aromatic rings. The second-order valence-corrected chi connectivity index (χ2v) is 9.25. The Hall–Kier alpha value is -0.690. The van der Waals surface area contributed by atoms with Crippen molar-refractivity contribution in [1.29, 1.82) is 0 Å². The van der Waals surface area contributed by atoms with E-state index in [0.717, 1.165) is 20.6 Å². The molecule has 0 amide bonds. The molecule has 1 heterocycles. The van der Waals surface area contributed by atoms with Gasteiger partial charge in [0, 0.05) is 18.0 Å². The van der Waals surface area contributed by atoms with Crippen LogP contribution in [0.15, 0.2) is 45.1 Å². The molecule has 2 rings (SSSR count). The molecule has 1 aromatic heterocycles. The van der Waals surface area contributed by atoms with Gasteiger partial charge in [0.1, 0.15) is 0 Å². The fraction of sp³-hybridized carbons (Fsp3) is 0.333. The summed E-state index contributed by atoms with van der Waals surface area (Å²) in [6.45, 7) is 4.68. The highest BCUT2D eigenvalue weighted by Gasteiger charge is 2.26. The number of benzene rings is 1. The van der Waals surface area contributed by atoms with E-state index in [1.54, 1.807) is 10.4 Å². The molecular formula is C15H18BrNO2S2. The van der Waals surface area contributed by atoms with E-state index in [0.29, 0.717) is 18.0 Å². The minimum Gasteiger partial charge on any atom is -0.207 e. The molecule has 0 bridgehead atoms. The van der Waals surface area contributed by atoms with E-state index >= 15 is 0 Å². The highest BCUT2D eigenvalue weighted by molar-refractivity contribution is 9.11. The fourth-order valence-corrected chi connectivity index (χ4v) is 6.01. The number of rotatable bonds is 6. The summed E-state index contributed by atoms with van der Waals surface area (Å²) in [4.78, 5) is 1.23. The van der Waals surface area contributed by atoms with E-state index in [2.05, 4.69) is 15.9 Å². The smallest absolute Gasteiger partial charge is 0.207 e. The summed E-state index contributed by atoms with van der Waals surface area (Å²) in [6, 6.07) is 11.6. The van der Waals surface area contributed by atoms with Gasteiger partial charge in [-0.05, 0) is 40.9 Å². The topological polar surface area (TPSA) is 37.4 Å². The third kappa shape index (κ3) is 3.94. The lowest BCUT2D eigenvalue weighted by Crippen LogP contribution is -2.32. The van der Waals surface area contributed by atoms with Crippen LogP contribution in [0.3, 0.4) is 0 Å². The minimum absolute atomic E-state index is 0.411. The first-order chi connectivity index (χ1) is 9.95. The third-order valence-corrected chi connectivity index (χ3v) is 7.09. The van der Waals surface area contributed by atoms with Crippen molar-refractivity contribution in [1.82, 2.24) is 4.31 Å². The van der Waals surface area contributed by atoms with Gasteiger partial charge in [0.05, 0.1) is 8.68 Å². The van der Waals surface area contributed by atoms with Crippen molar-refractivity contribution in [2.45, 2.75) is 25.2 Å². The Bertz CT molecular complexity index is 696. The fourth-order valence-electron chi connectivity index (χ4n) is 2.17. The Morgan fingerprint density at radius 1 is 1.24 bits per heavy atom. The van der Waals surface area contributed by atoms with Crippen LogP contribution in [0.5, 0.6) is 0 Å². The molecule has 0 aliphatic carbocycles. The van der Waals surface area contributed by atoms with Crippen LogP contribution in [0, 0.1) is 6.92 Å². The minimum atomic E-state index is -3.42. The molecule has 0 fully saturated rings. The van der Waals surface area contributed by atoms with Gasteiger partial charge in [-0.15, -0.1) is 11.3 Å². The second-order valence-electron chi connectivity index (χ2n) is 4.70. The van der Waals surface area contributed by atoms with Gasteiger partial charge in [-0.1, -0.05) is 37.3 Å². The first-order valence-electron chi connectivity index (χ1n) is 6.75. The highest BCUT2D eigenvalue weighted by atomic mass is 79.9. The van der Waals surface area contributed by atoms with Gasteiger partial charge in [-0.25, -0.2) is 8.42 Å². The van der Waals surface area contributed by atoms with E-state index < -0.39 is 10.0 Å². The SMILES string of the molecule is CCN(CCc1ccccc1)S(=O)(=O)c1cc(Br)sc1C. The lowest BCUT2D eigenvalue weighted by atomic mass is 10.1. The van der Waals surface area contributed by atoms with Crippen molar-refractivity contribution in [3.05, 3.63) is 50.6 Å². The van der Waals surface area contributed by atoms with Gasteiger partial charge < -0.3 is 0 Å². The van der Waals surface area contributed by atoms with Crippen molar-refractivity contribution in [3.8, 4) is 0 Å². The quantitative estimate of drug-likeness (QED) is 0.748. The summed E-state index contributed by atoms with van der Waals surface area (Å²) in [5.74, 6) is 0. The molecule has 0 aliphatic rings. The van der Waals surface area contributed by atoms with E-state index in [9.17, 15) is 8.42 Å². The molecule has 0 saturated carbocycles. The lowest BCUT2D eigenvalue weighted by Gasteiger charge is -2.20. The van der Waals surface area contributed by atoms with Gasteiger partial charge >= 0.3 is 0 Å². The predicted octanol–water partition coefficient (Wildman–Crippen LogP) is 4.07. The number of halogens is 1. The Morgan fingerprint density at radius 2 is 1.90 bits per heavy atom. The molecule has 21 heavy (non-hydrogen) atoms. The molecule has 0 saturated heterocycles. The maximum atomic E-state index is 12.7. The second kappa shape index (κ2) is 7.05. The van der Waals surface area contributed by atoms with Gasteiger partial charge in [-0.3, -0.25) is 0 Å². The zero-order valence-electron chi connectivity index (χ0n) is 12.0. The number of likely N-dealkylation sites (N-methyl/N-ethyl adjacent to an activating group) is 1. The molecule has 0 radical (unpaired) electrons. The zero-order valence-corrected chi connectivity index (χ0v) is 15.3. The number of nitrogens with zero attached hydrogens (tertiary/aromatic N) is 1. The number of hydrogen-bond acceptors (Lipinski definition) is 3. The van der Waals surface area contributed by atoms with Gasteiger partial charge in [0.25, 0.3) is 0 Å². The van der Waals surface area contributed by atoms with Crippen LogP contribution in [0.2, 0.25) is 0 Å². The molecule has 3 nitrogen and oxygen atoms in total. The molecule has 0 N–H and O–H groups in total. The molecule has 114 valence electrons. The maximum Gasteiger partial charge on any atom is 0.244 e. The summed E-state index contributed by atoms with van der Waals surface area (Å²) < 4.78 is 27.8. The third-order valence-electron chi connectivity index (χ3n) is 3.31. The number of hydrogen-bond donors (Lipinski definition) is 0. The van der Waals surface area contributed by atoms with Crippen LogP contribution in [0.25, 0.3) is 0 Å². The van der Waals surface area contributed by atoms with E-state index in [1.165, 1.54) is 11.3 Å². The number of aryl methyl sites for hydroxylation is 1. The Balaban J connectivity index is 2.18.